The first-order valence-electron chi connectivity index (χ1n) is 4.04. The molecule has 0 bridgehead atoms. The summed E-state index contributed by atoms with van der Waals surface area (Å²) in [6.07, 6.45) is 4.26. The Kier molecular flexibility index (Phi) is 3.24. The molecule has 0 atom stereocenters. The Morgan fingerprint density at radius 2 is 1.91 bits per heavy atom. The maximum Gasteiger partial charge on any atom is 0.302 e. The summed E-state index contributed by atoms with van der Waals surface area (Å²) in [6.45, 7) is 1.47. The third-order valence-corrected chi connectivity index (χ3v) is 2.49. The highest BCUT2D eigenvalue weighted by atomic mass is 32.1. The average Bonchev–Trinajstić information content (AvgIpc) is 1.93. The lowest BCUT2D eigenvalue weighted by atomic mass is 9.97. The third kappa shape index (κ3) is 3.14. The van der Waals surface area contributed by atoms with Crippen molar-refractivity contribution in [1.29, 1.82) is 0 Å². The summed E-state index contributed by atoms with van der Waals surface area (Å²) in [5.74, 6) is -0.160. The van der Waals surface area contributed by atoms with Crippen molar-refractivity contribution in [3.8, 4) is 0 Å². The lowest BCUT2D eigenvalue weighted by Crippen LogP contribution is -2.23. The SMILES string of the molecule is CC(=O)OC1CCC(S)CC1. The minimum absolute atomic E-state index is 0.160. The number of thiol groups is 1. The Morgan fingerprint density at radius 3 is 2.36 bits per heavy atom. The summed E-state index contributed by atoms with van der Waals surface area (Å²) < 4.78 is 5.07. The van der Waals surface area contributed by atoms with E-state index in [4.69, 9.17) is 4.74 Å². The van der Waals surface area contributed by atoms with Crippen LogP contribution in [0.25, 0.3) is 0 Å². The van der Waals surface area contributed by atoms with Gasteiger partial charge in [0.15, 0.2) is 0 Å². The highest BCUT2D eigenvalue weighted by Crippen LogP contribution is 2.24. The van der Waals surface area contributed by atoms with Gasteiger partial charge in [0.05, 0.1) is 0 Å². The van der Waals surface area contributed by atoms with Gasteiger partial charge in [-0.3, -0.25) is 4.79 Å². The van der Waals surface area contributed by atoms with E-state index >= 15 is 0 Å². The first-order chi connectivity index (χ1) is 5.18. The molecule has 2 nitrogen and oxygen atoms in total. The van der Waals surface area contributed by atoms with Crippen LogP contribution < -0.4 is 0 Å². The Hall–Kier alpha value is -0.180. The lowest BCUT2D eigenvalue weighted by molar-refractivity contribution is -0.147. The van der Waals surface area contributed by atoms with Crippen LogP contribution in [0.5, 0.6) is 0 Å². The van der Waals surface area contributed by atoms with Crippen molar-refractivity contribution >= 4 is 18.6 Å². The summed E-state index contributed by atoms with van der Waals surface area (Å²) in [7, 11) is 0. The summed E-state index contributed by atoms with van der Waals surface area (Å²) in [5, 5.41) is 0.516. The van der Waals surface area contributed by atoms with E-state index < -0.39 is 0 Å². The molecule has 1 saturated carbocycles. The smallest absolute Gasteiger partial charge is 0.302 e. The monoisotopic (exact) mass is 174 g/mol. The van der Waals surface area contributed by atoms with Gasteiger partial charge in [-0.2, -0.15) is 12.6 Å². The number of ether oxygens (including phenoxy) is 1. The van der Waals surface area contributed by atoms with Gasteiger partial charge in [0.2, 0.25) is 0 Å². The van der Waals surface area contributed by atoms with Crippen LogP contribution in [0.15, 0.2) is 0 Å². The summed E-state index contributed by atoms with van der Waals surface area (Å²) in [5.41, 5.74) is 0. The fraction of sp³-hybridized carbons (Fsp3) is 0.875. The number of hydrogen-bond acceptors (Lipinski definition) is 3. The second-order valence-corrected chi connectivity index (χ2v) is 3.77. The van der Waals surface area contributed by atoms with Crippen LogP contribution in [0.2, 0.25) is 0 Å². The molecule has 0 saturated heterocycles. The molecule has 0 unspecified atom stereocenters. The number of carbonyl (C=O) groups is 1. The van der Waals surface area contributed by atoms with Gasteiger partial charge in [0, 0.05) is 12.2 Å². The Balaban J connectivity index is 2.22. The highest BCUT2D eigenvalue weighted by molar-refractivity contribution is 7.80. The molecule has 1 aliphatic carbocycles. The van der Waals surface area contributed by atoms with Gasteiger partial charge < -0.3 is 4.74 Å². The summed E-state index contributed by atoms with van der Waals surface area (Å²) >= 11 is 4.35. The second kappa shape index (κ2) is 4.00. The predicted molar refractivity (Wildman–Crippen MR) is 46.8 cm³/mol. The molecule has 0 aromatic rings. The molecule has 64 valence electrons. The van der Waals surface area contributed by atoms with Crippen molar-refractivity contribution in [3.05, 3.63) is 0 Å². The molecule has 0 amide bonds. The minimum atomic E-state index is -0.160. The van der Waals surface area contributed by atoms with Crippen molar-refractivity contribution in [2.24, 2.45) is 0 Å². The van der Waals surface area contributed by atoms with Crippen LogP contribution in [0.4, 0.5) is 0 Å². The Labute approximate surface area is 72.7 Å². The van der Waals surface area contributed by atoms with Crippen LogP contribution >= 0.6 is 12.6 Å². The molecule has 11 heavy (non-hydrogen) atoms. The third-order valence-electron chi connectivity index (χ3n) is 1.98. The standard InChI is InChI=1S/C8H14O2S/c1-6(9)10-7-2-4-8(11)5-3-7/h7-8,11H,2-5H2,1H3. The number of carbonyl (C=O) groups excluding carboxylic acids is 1. The quantitative estimate of drug-likeness (QED) is 0.484. The largest absolute Gasteiger partial charge is 0.463 e. The van der Waals surface area contributed by atoms with E-state index in [1.54, 1.807) is 0 Å². The van der Waals surface area contributed by atoms with Crippen molar-refractivity contribution in [2.45, 2.75) is 44.0 Å². The molecule has 1 fully saturated rings. The highest BCUT2D eigenvalue weighted by Gasteiger charge is 2.20. The van der Waals surface area contributed by atoms with Crippen molar-refractivity contribution in [1.82, 2.24) is 0 Å². The molecule has 0 radical (unpaired) electrons. The molecule has 0 N–H and O–H groups in total. The predicted octanol–water partition coefficient (Wildman–Crippen LogP) is 1.79. The van der Waals surface area contributed by atoms with Gasteiger partial charge in [0.25, 0.3) is 0 Å². The van der Waals surface area contributed by atoms with E-state index in [1.165, 1.54) is 6.92 Å². The van der Waals surface area contributed by atoms with Gasteiger partial charge in [-0.1, -0.05) is 0 Å². The molecular weight excluding hydrogens is 160 g/mol. The molecule has 0 aliphatic heterocycles. The minimum Gasteiger partial charge on any atom is -0.463 e. The van der Waals surface area contributed by atoms with Crippen LogP contribution in [-0.2, 0) is 9.53 Å². The maximum absolute atomic E-state index is 10.6. The summed E-state index contributed by atoms with van der Waals surface area (Å²) in [6, 6.07) is 0. The van der Waals surface area contributed by atoms with E-state index in [2.05, 4.69) is 12.6 Å². The van der Waals surface area contributed by atoms with Crippen LogP contribution in [0.3, 0.4) is 0 Å². The van der Waals surface area contributed by atoms with Gasteiger partial charge in [-0.25, -0.2) is 0 Å². The maximum atomic E-state index is 10.6. The normalized spacial score (nSPS) is 31.5. The van der Waals surface area contributed by atoms with Crippen LogP contribution in [-0.4, -0.2) is 17.3 Å². The first kappa shape index (κ1) is 8.91. The van der Waals surface area contributed by atoms with E-state index in [-0.39, 0.29) is 12.1 Å². The second-order valence-electron chi connectivity index (χ2n) is 3.04. The van der Waals surface area contributed by atoms with Crippen molar-refractivity contribution < 1.29 is 9.53 Å². The van der Waals surface area contributed by atoms with Gasteiger partial charge in [0.1, 0.15) is 6.10 Å². The fourth-order valence-electron chi connectivity index (χ4n) is 1.40. The molecule has 0 spiro atoms. The van der Waals surface area contributed by atoms with E-state index in [1.807, 2.05) is 0 Å². The van der Waals surface area contributed by atoms with E-state index in [0.29, 0.717) is 5.25 Å². The molecule has 0 aromatic carbocycles. The summed E-state index contributed by atoms with van der Waals surface area (Å²) in [4.78, 5) is 10.6. The molecule has 0 aromatic heterocycles. The average molecular weight is 174 g/mol. The Morgan fingerprint density at radius 1 is 1.36 bits per heavy atom. The number of hydrogen-bond donors (Lipinski definition) is 1. The van der Waals surface area contributed by atoms with Crippen LogP contribution in [0.1, 0.15) is 32.6 Å². The van der Waals surface area contributed by atoms with E-state index in [0.717, 1.165) is 25.7 Å². The zero-order valence-corrected chi connectivity index (χ0v) is 7.64. The number of rotatable bonds is 1. The molecule has 1 rings (SSSR count). The van der Waals surface area contributed by atoms with Gasteiger partial charge >= 0.3 is 5.97 Å². The molecule has 0 heterocycles. The zero-order valence-electron chi connectivity index (χ0n) is 6.75. The Bertz CT molecular complexity index is 139. The topological polar surface area (TPSA) is 26.3 Å². The lowest BCUT2D eigenvalue weighted by Gasteiger charge is -2.24. The van der Waals surface area contributed by atoms with Crippen molar-refractivity contribution in [2.75, 3.05) is 0 Å². The fourth-order valence-corrected chi connectivity index (χ4v) is 1.70. The first-order valence-corrected chi connectivity index (χ1v) is 4.55. The van der Waals surface area contributed by atoms with Gasteiger partial charge in [-0.15, -0.1) is 0 Å². The number of esters is 1. The van der Waals surface area contributed by atoms with E-state index in [9.17, 15) is 4.79 Å². The molecular formula is C8H14O2S. The van der Waals surface area contributed by atoms with Crippen LogP contribution in [0, 0.1) is 0 Å². The zero-order chi connectivity index (χ0) is 8.27. The molecule has 3 heteroatoms. The van der Waals surface area contributed by atoms with Gasteiger partial charge in [-0.05, 0) is 25.7 Å². The van der Waals surface area contributed by atoms with Crippen molar-refractivity contribution in [3.63, 3.8) is 0 Å². The molecule has 1 aliphatic rings.